The van der Waals surface area contributed by atoms with Crippen LogP contribution in [-0.2, 0) is 0 Å². The van der Waals surface area contributed by atoms with Crippen LogP contribution in [0.1, 0.15) is 0 Å². The predicted molar refractivity (Wildman–Crippen MR) is 221 cm³/mol. The number of aromatic nitrogens is 1. The summed E-state index contributed by atoms with van der Waals surface area (Å²) >= 11 is 1.87. The molecule has 2 nitrogen and oxygen atoms in total. The third-order valence-electron chi connectivity index (χ3n) is 10.5. The second kappa shape index (κ2) is 11.0. The average molecular weight is 667 g/mol. The molecule has 9 aromatic carbocycles. The molecule has 0 saturated carbocycles. The molecule has 2 heterocycles. The Labute approximate surface area is 298 Å². The Bertz CT molecular complexity index is 3150. The van der Waals surface area contributed by atoms with Gasteiger partial charge in [-0.05, 0) is 93.0 Å². The molecule has 238 valence electrons. The van der Waals surface area contributed by atoms with Gasteiger partial charge in [0.15, 0.2) is 0 Å². The normalized spacial score (nSPS) is 11.9. The number of anilines is 3. The molecule has 51 heavy (non-hydrogen) atoms. The maximum Gasteiger partial charge on any atom is 0.0562 e. The monoisotopic (exact) mass is 666 g/mol. The molecule has 0 saturated heterocycles. The predicted octanol–water partition coefficient (Wildman–Crippen LogP) is 14.1. The summed E-state index contributed by atoms with van der Waals surface area (Å²) in [4.78, 5) is 2.51. The number of hydrogen-bond donors (Lipinski definition) is 0. The van der Waals surface area contributed by atoms with Crippen LogP contribution in [0.15, 0.2) is 182 Å². The number of para-hydroxylation sites is 2. The van der Waals surface area contributed by atoms with E-state index in [1.165, 1.54) is 80.0 Å². The Hall–Kier alpha value is -6.42. The van der Waals surface area contributed by atoms with E-state index >= 15 is 0 Å². The van der Waals surface area contributed by atoms with Crippen LogP contribution < -0.4 is 4.90 Å². The van der Waals surface area contributed by atoms with E-state index in [4.69, 9.17) is 0 Å². The highest BCUT2D eigenvalue weighted by Gasteiger charge is 2.23. The van der Waals surface area contributed by atoms with Crippen molar-refractivity contribution in [3.8, 4) is 5.69 Å². The first-order valence-corrected chi connectivity index (χ1v) is 18.3. The van der Waals surface area contributed by atoms with Crippen molar-refractivity contribution in [2.75, 3.05) is 4.90 Å². The minimum atomic E-state index is 1.13. The van der Waals surface area contributed by atoms with Gasteiger partial charge in [0.25, 0.3) is 0 Å². The lowest BCUT2D eigenvalue weighted by atomic mass is 9.96. The van der Waals surface area contributed by atoms with Crippen LogP contribution in [0.2, 0.25) is 0 Å². The van der Waals surface area contributed by atoms with Gasteiger partial charge >= 0.3 is 0 Å². The summed E-state index contributed by atoms with van der Waals surface area (Å²) in [6, 6.07) is 66.8. The largest absolute Gasteiger partial charge is 0.309 e. The zero-order chi connectivity index (χ0) is 33.5. The van der Waals surface area contributed by atoms with Gasteiger partial charge in [-0.3, -0.25) is 0 Å². The fourth-order valence-corrected chi connectivity index (χ4v) is 9.47. The second-order valence-electron chi connectivity index (χ2n) is 13.3. The molecule has 0 unspecified atom stereocenters. The highest BCUT2D eigenvalue weighted by atomic mass is 32.1. The third kappa shape index (κ3) is 4.22. The highest BCUT2D eigenvalue weighted by molar-refractivity contribution is 7.26. The first-order valence-electron chi connectivity index (χ1n) is 17.4. The molecule has 0 aliphatic carbocycles. The van der Waals surface area contributed by atoms with Crippen molar-refractivity contribution < 1.29 is 0 Å². The molecule has 0 radical (unpaired) electrons. The summed E-state index contributed by atoms with van der Waals surface area (Å²) in [6.07, 6.45) is 0. The zero-order valence-electron chi connectivity index (χ0n) is 27.6. The van der Waals surface area contributed by atoms with Crippen molar-refractivity contribution in [2.24, 2.45) is 0 Å². The van der Waals surface area contributed by atoms with Crippen molar-refractivity contribution in [2.45, 2.75) is 0 Å². The van der Waals surface area contributed by atoms with E-state index < -0.39 is 0 Å². The summed E-state index contributed by atoms with van der Waals surface area (Å²) in [5.41, 5.74) is 7.01. The molecule has 0 N–H and O–H groups in total. The van der Waals surface area contributed by atoms with Gasteiger partial charge in [0, 0.05) is 42.3 Å². The Balaban J connectivity index is 1.24. The van der Waals surface area contributed by atoms with E-state index in [-0.39, 0.29) is 0 Å². The number of benzene rings is 9. The molecule has 0 fully saturated rings. The number of rotatable bonds is 4. The van der Waals surface area contributed by atoms with Gasteiger partial charge in [-0.15, -0.1) is 11.3 Å². The Morgan fingerprint density at radius 2 is 0.980 bits per heavy atom. The summed E-state index contributed by atoms with van der Waals surface area (Å²) in [5.74, 6) is 0. The van der Waals surface area contributed by atoms with Crippen molar-refractivity contribution >= 4 is 103 Å². The van der Waals surface area contributed by atoms with E-state index in [1.54, 1.807) is 0 Å². The Morgan fingerprint density at radius 3 is 1.84 bits per heavy atom. The number of nitrogens with zero attached hydrogens (tertiary/aromatic N) is 2. The van der Waals surface area contributed by atoms with Crippen molar-refractivity contribution in [3.63, 3.8) is 0 Å². The quantitative estimate of drug-likeness (QED) is 0.170. The van der Waals surface area contributed by atoms with Crippen molar-refractivity contribution in [3.05, 3.63) is 182 Å². The molecule has 11 rings (SSSR count). The molecule has 0 aliphatic rings. The van der Waals surface area contributed by atoms with Crippen molar-refractivity contribution in [1.82, 2.24) is 4.57 Å². The van der Waals surface area contributed by atoms with Gasteiger partial charge in [0.2, 0.25) is 0 Å². The van der Waals surface area contributed by atoms with Crippen LogP contribution in [0.5, 0.6) is 0 Å². The minimum Gasteiger partial charge on any atom is -0.309 e. The highest BCUT2D eigenvalue weighted by Crippen LogP contribution is 2.49. The Morgan fingerprint density at radius 1 is 0.373 bits per heavy atom. The van der Waals surface area contributed by atoms with Gasteiger partial charge in [-0.1, -0.05) is 121 Å². The van der Waals surface area contributed by atoms with E-state index in [0.29, 0.717) is 0 Å². The lowest BCUT2D eigenvalue weighted by Crippen LogP contribution is -2.11. The first kappa shape index (κ1) is 28.4. The van der Waals surface area contributed by atoms with Crippen LogP contribution in [0, 0.1) is 0 Å². The topological polar surface area (TPSA) is 8.17 Å². The molecule has 11 aromatic rings. The summed E-state index contributed by atoms with van der Waals surface area (Å²) in [6.45, 7) is 0. The van der Waals surface area contributed by atoms with Gasteiger partial charge in [-0.25, -0.2) is 0 Å². The van der Waals surface area contributed by atoms with Crippen molar-refractivity contribution in [1.29, 1.82) is 0 Å². The van der Waals surface area contributed by atoms with Gasteiger partial charge in [0.1, 0.15) is 0 Å². The van der Waals surface area contributed by atoms with E-state index in [0.717, 1.165) is 17.1 Å². The minimum absolute atomic E-state index is 1.13. The van der Waals surface area contributed by atoms with Crippen LogP contribution in [0.25, 0.3) is 80.0 Å². The molecular formula is C48H30N2S. The smallest absolute Gasteiger partial charge is 0.0562 e. The molecular weight excluding hydrogens is 637 g/mol. The molecule has 0 atom stereocenters. The fourth-order valence-electron chi connectivity index (χ4n) is 8.35. The third-order valence-corrected chi connectivity index (χ3v) is 11.7. The summed E-state index contributed by atoms with van der Waals surface area (Å²) < 4.78 is 5.00. The standard InChI is InChI=1S/C48H30N2S/c1-2-13-33(14-3-1)49-41-18-8-6-16-39(41)47-42(49)19-10-20-43(47)50(44-21-11-23-46-48(44)40-17-7-9-22-45(40)51-46)34-26-29-36-32(30-34)25-28-37-35-15-5-4-12-31(35)24-27-38(36)37/h1-30H. The molecule has 2 aromatic heterocycles. The molecule has 0 bridgehead atoms. The first-order chi connectivity index (χ1) is 25.3. The zero-order valence-corrected chi connectivity index (χ0v) is 28.4. The van der Waals surface area contributed by atoms with Gasteiger partial charge < -0.3 is 9.47 Å². The van der Waals surface area contributed by atoms with Crippen LogP contribution in [0.3, 0.4) is 0 Å². The molecule has 0 aliphatic heterocycles. The number of thiophene rings is 1. The van der Waals surface area contributed by atoms with Crippen LogP contribution >= 0.6 is 11.3 Å². The number of hydrogen-bond acceptors (Lipinski definition) is 2. The number of fused-ring (bicyclic) bond motifs is 11. The van der Waals surface area contributed by atoms with Gasteiger partial charge in [-0.2, -0.15) is 0 Å². The van der Waals surface area contributed by atoms with E-state index in [9.17, 15) is 0 Å². The maximum absolute atomic E-state index is 2.51. The summed E-state index contributed by atoms with van der Waals surface area (Å²) in [5, 5.41) is 12.7. The second-order valence-corrected chi connectivity index (χ2v) is 14.4. The van der Waals surface area contributed by atoms with E-state index in [2.05, 4.69) is 191 Å². The molecule has 0 spiro atoms. The maximum atomic E-state index is 2.51. The van der Waals surface area contributed by atoms with E-state index in [1.807, 2.05) is 11.3 Å². The van der Waals surface area contributed by atoms with Crippen LogP contribution in [-0.4, -0.2) is 4.57 Å². The average Bonchev–Trinajstić information content (AvgIpc) is 3.75. The lowest BCUT2D eigenvalue weighted by molar-refractivity contribution is 1.18. The fraction of sp³-hybridized carbons (Fsp3) is 0. The summed E-state index contributed by atoms with van der Waals surface area (Å²) in [7, 11) is 0. The van der Waals surface area contributed by atoms with Crippen LogP contribution in [0.4, 0.5) is 17.1 Å². The lowest BCUT2D eigenvalue weighted by Gasteiger charge is -2.28. The molecule has 0 amide bonds. The van der Waals surface area contributed by atoms with Gasteiger partial charge in [0.05, 0.1) is 22.4 Å². The molecule has 3 heteroatoms. The SMILES string of the molecule is c1ccc(-n2c3ccccc3c3c(N(c4ccc5c(ccc6c7ccccc7ccc56)c4)c4cccc5sc6ccccc6c45)cccc32)cc1. The Kier molecular flexibility index (Phi) is 6.16.